The predicted octanol–water partition coefficient (Wildman–Crippen LogP) is 4.59. The molecule has 0 saturated carbocycles. The number of H-pyrrole nitrogens is 1. The van der Waals surface area contributed by atoms with Crippen molar-refractivity contribution in [3.05, 3.63) is 101 Å². The average Bonchev–Trinajstić information content (AvgIpc) is 3.43. The van der Waals surface area contributed by atoms with Crippen molar-refractivity contribution in [1.29, 1.82) is 0 Å². The minimum Gasteiger partial charge on any atom is -0.381 e. The number of hydrogen-bond acceptors (Lipinski definition) is 4. The van der Waals surface area contributed by atoms with Crippen molar-refractivity contribution in [2.45, 2.75) is 13.3 Å². The van der Waals surface area contributed by atoms with Crippen LogP contribution in [-0.4, -0.2) is 22.3 Å². The van der Waals surface area contributed by atoms with E-state index in [0.717, 1.165) is 45.0 Å². The largest absolute Gasteiger partial charge is 0.381 e. The summed E-state index contributed by atoms with van der Waals surface area (Å²) in [4.78, 5) is 19.4. The van der Waals surface area contributed by atoms with Crippen LogP contribution in [0.4, 0.5) is 5.69 Å². The first-order valence-corrected chi connectivity index (χ1v) is 10.0. The minimum atomic E-state index is 0.140. The molecule has 3 N–H and O–H groups in total. The zero-order valence-electron chi connectivity index (χ0n) is 16.7. The second-order valence-electron chi connectivity index (χ2n) is 7.60. The Morgan fingerprint density at radius 3 is 2.57 bits per heavy atom. The first kappa shape index (κ1) is 18.2. The molecule has 1 aliphatic heterocycles. The number of hydrogen-bond donors (Lipinski definition) is 3. The highest BCUT2D eigenvalue weighted by Crippen LogP contribution is 2.34. The van der Waals surface area contributed by atoms with E-state index < -0.39 is 0 Å². The molecule has 0 fully saturated rings. The van der Waals surface area contributed by atoms with Gasteiger partial charge in [-0.05, 0) is 42.3 Å². The third kappa shape index (κ3) is 3.46. The van der Waals surface area contributed by atoms with Gasteiger partial charge in [-0.15, -0.1) is 0 Å². The van der Waals surface area contributed by atoms with Crippen LogP contribution in [0.1, 0.15) is 17.5 Å². The Balaban J connectivity index is 1.54. The molecule has 1 aromatic heterocycles. The third-order valence-corrected chi connectivity index (χ3v) is 5.52. The van der Waals surface area contributed by atoms with Crippen LogP contribution < -0.4 is 10.6 Å². The lowest BCUT2D eigenvalue weighted by molar-refractivity contribution is -0.114. The van der Waals surface area contributed by atoms with E-state index >= 15 is 0 Å². The number of carbonyl (C=O) groups is 1. The molecule has 5 rings (SSSR count). The molecule has 0 amide bonds. The van der Waals surface area contributed by atoms with Gasteiger partial charge in [0.2, 0.25) is 0 Å². The van der Waals surface area contributed by atoms with Crippen molar-refractivity contribution in [2.75, 3.05) is 11.9 Å². The quantitative estimate of drug-likeness (QED) is 0.605. The Kier molecular flexibility index (Phi) is 4.56. The molecule has 2 aromatic carbocycles. The monoisotopic (exact) mass is 394 g/mol. The molecule has 3 aromatic rings. The van der Waals surface area contributed by atoms with Crippen molar-refractivity contribution in [3.8, 4) is 11.3 Å². The number of allylic oxidation sites excluding steroid dienone is 2. The molecule has 0 spiro atoms. The molecule has 5 heteroatoms. The summed E-state index contributed by atoms with van der Waals surface area (Å²) in [5.41, 5.74) is 9.58. The Morgan fingerprint density at radius 2 is 1.83 bits per heavy atom. The van der Waals surface area contributed by atoms with E-state index in [2.05, 4.69) is 76.1 Å². The van der Waals surface area contributed by atoms with E-state index in [1.165, 1.54) is 5.56 Å². The van der Waals surface area contributed by atoms with Crippen LogP contribution in [0.2, 0.25) is 0 Å². The summed E-state index contributed by atoms with van der Waals surface area (Å²) in [5, 5.41) is 7.05. The number of aromatic nitrogens is 2. The molecule has 0 unspecified atom stereocenters. The highest BCUT2D eigenvalue weighted by molar-refractivity contribution is 5.96. The Bertz CT molecular complexity index is 1180. The van der Waals surface area contributed by atoms with E-state index in [1.807, 2.05) is 12.3 Å². The highest BCUT2D eigenvalue weighted by Gasteiger charge is 2.26. The number of anilines is 1. The SMILES string of the molecule is Cc1ccc(/C(Nc2ccc(-c3c[nH]cn3)cc2)=C2/CNC3=C2CC(=O)C=C3)cc1. The molecule has 148 valence electrons. The number of aryl methyl sites for hydroxylation is 1. The summed E-state index contributed by atoms with van der Waals surface area (Å²) >= 11 is 0. The van der Waals surface area contributed by atoms with E-state index in [0.29, 0.717) is 13.0 Å². The van der Waals surface area contributed by atoms with E-state index in [4.69, 9.17) is 0 Å². The zero-order chi connectivity index (χ0) is 20.5. The summed E-state index contributed by atoms with van der Waals surface area (Å²) in [7, 11) is 0. The lowest BCUT2D eigenvalue weighted by Crippen LogP contribution is -2.10. The van der Waals surface area contributed by atoms with Gasteiger partial charge in [0.25, 0.3) is 0 Å². The number of carbonyl (C=O) groups excluding carboxylic acids is 1. The van der Waals surface area contributed by atoms with Gasteiger partial charge >= 0.3 is 0 Å². The van der Waals surface area contributed by atoms with Crippen LogP contribution in [0.3, 0.4) is 0 Å². The molecule has 2 aliphatic rings. The lowest BCUT2D eigenvalue weighted by atomic mass is 9.93. The van der Waals surface area contributed by atoms with Gasteiger partial charge in [-0.25, -0.2) is 4.98 Å². The third-order valence-electron chi connectivity index (χ3n) is 5.52. The van der Waals surface area contributed by atoms with Crippen molar-refractivity contribution in [1.82, 2.24) is 15.3 Å². The summed E-state index contributed by atoms with van der Waals surface area (Å²) in [6.07, 6.45) is 7.54. The number of aromatic amines is 1. The predicted molar refractivity (Wildman–Crippen MR) is 120 cm³/mol. The number of nitrogens with one attached hydrogen (secondary N) is 3. The van der Waals surface area contributed by atoms with Crippen LogP contribution in [0.5, 0.6) is 0 Å². The van der Waals surface area contributed by atoms with Crippen LogP contribution in [-0.2, 0) is 4.79 Å². The number of nitrogens with zero attached hydrogens (tertiary/aromatic N) is 1. The van der Waals surface area contributed by atoms with Gasteiger partial charge in [-0.1, -0.05) is 42.0 Å². The van der Waals surface area contributed by atoms with Crippen LogP contribution in [0.15, 0.2) is 90.1 Å². The fourth-order valence-corrected chi connectivity index (χ4v) is 3.90. The fourth-order valence-electron chi connectivity index (χ4n) is 3.90. The lowest BCUT2D eigenvalue weighted by Gasteiger charge is -2.18. The van der Waals surface area contributed by atoms with Crippen LogP contribution in [0.25, 0.3) is 17.0 Å². The summed E-state index contributed by atoms with van der Waals surface area (Å²) in [6.45, 7) is 2.78. The van der Waals surface area contributed by atoms with Crippen molar-refractivity contribution in [3.63, 3.8) is 0 Å². The maximum Gasteiger partial charge on any atom is 0.160 e. The molecule has 0 saturated heterocycles. The van der Waals surface area contributed by atoms with Gasteiger partial charge in [0.1, 0.15) is 0 Å². The second-order valence-corrected chi connectivity index (χ2v) is 7.60. The Labute approximate surface area is 175 Å². The van der Waals surface area contributed by atoms with E-state index in [-0.39, 0.29) is 5.78 Å². The molecule has 30 heavy (non-hydrogen) atoms. The Morgan fingerprint density at radius 1 is 1.03 bits per heavy atom. The van der Waals surface area contributed by atoms with Crippen molar-refractivity contribution < 1.29 is 4.79 Å². The number of imidazole rings is 1. The van der Waals surface area contributed by atoms with Gasteiger partial charge in [0.05, 0.1) is 17.7 Å². The summed E-state index contributed by atoms with van der Waals surface area (Å²) in [5.74, 6) is 0.140. The van der Waals surface area contributed by atoms with Gasteiger partial charge < -0.3 is 15.6 Å². The number of benzene rings is 2. The van der Waals surface area contributed by atoms with E-state index in [9.17, 15) is 4.79 Å². The fraction of sp³-hybridized carbons (Fsp3) is 0.120. The number of rotatable bonds is 4. The first-order valence-electron chi connectivity index (χ1n) is 10.0. The van der Waals surface area contributed by atoms with Crippen molar-refractivity contribution in [2.24, 2.45) is 0 Å². The van der Waals surface area contributed by atoms with Crippen LogP contribution in [0, 0.1) is 6.92 Å². The smallest absolute Gasteiger partial charge is 0.160 e. The molecule has 2 heterocycles. The van der Waals surface area contributed by atoms with Gasteiger partial charge in [0, 0.05) is 41.7 Å². The molecule has 0 bridgehead atoms. The molecule has 0 radical (unpaired) electrons. The van der Waals surface area contributed by atoms with Gasteiger partial charge in [-0.2, -0.15) is 0 Å². The average molecular weight is 394 g/mol. The zero-order valence-corrected chi connectivity index (χ0v) is 16.7. The second kappa shape index (κ2) is 7.52. The molecule has 0 atom stereocenters. The summed E-state index contributed by atoms with van der Waals surface area (Å²) < 4.78 is 0. The standard InChI is InChI=1S/C25H22N4O/c1-16-2-4-18(5-3-16)25(22-13-27-23-11-10-20(30)12-21(22)23)29-19-8-6-17(7-9-19)24-14-26-15-28-24/h2-11,14-15,27,29H,12-13H2,1H3,(H,26,28)/b25-22+. The van der Waals surface area contributed by atoms with Gasteiger partial charge in [-0.3, -0.25) is 4.79 Å². The first-order chi connectivity index (χ1) is 14.7. The van der Waals surface area contributed by atoms with Gasteiger partial charge in [0.15, 0.2) is 5.78 Å². The Hall–Kier alpha value is -3.86. The summed E-state index contributed by atoms with van der Waals surface area (Å²) in [6, 6.07) is 16.7. The topological polar surface area (TPSA) is 69.8 Å². The number of ketones is 1. The normalized spacial score (nSPS) is 17.0. The highest BCUT2D eigenvalue weighted by atomic mass is 16.1. The molecule has 5 nitrogen and oxygen atoms in total. The maximum atomic E-state index is 12.1. The molecule has 1 aliphatic carbocycles. The molecular weight excluding hydrogens is 372 g/mol. The maximum absolute atomic E-state index is 12.1. The minimum absolute atomic E-state index is 0.140. The van der Waals surface area contributed by atoms with Crippen LogP contribution >= 0.6 is 0 Å². The molecular formula is C25H22N4O. The van der Waals surface area contributed by atoms with Crippen molar-refractivity contribution >= 4 is 17.2 Å². The van der Waals surface area contributed by atoms with E-state index in [1.54, 1.807) is 12.4 Å².